The van der Waals surface area contributed by atoms with Crippen molar-refractivity contribution < 1.29 is 33.2 Å². The molecule has 41 heavy (non-hydrogen) atoms. The van der Waals surface area contributed by atoms with Crippen molar-refractivity contribution in [3.63, 3.8) is 0 Å². The van der Waals surface area contributed by atoms with Crippen LogP contribution in [0.2, 0.25) is 0 Å². The summed E-state index contributed by atoms with van der Waals surface area (Å²) in [6.07, 6.45) is 3.88. The Morgan fingerprint density at radius 3 is 1.49 bits per heavy atom. The van der Waals surface area contributed by atoms with Gasteiger partial charge in [0, 0.05) is 12.3 Å². The first-order valence-electron chi connectivity index (χ1n) is 15.2. The maximum Gasteiger partial charge on any atom is 0.213 e. The number of hydrogen-bond donors (Lipinski definition) is 0. The molecule has 0 aliphatic carbocycles. The van der Waals surface area contributed by atoms with Crippen LogP contribution < -0.4 is 4.74 Å². The molecule has 1 aromatic rings. The average Bonchev–Trinajstić information content (AvgIpc) is 2.83. The van der Waals surface area contributed by atoms with Gasteiger partial charge < -0.3 is 33.2 Å². The van der Waals surface area contributed by atoms with E-state index in [0.29, 0.717) is 77.9 Å². The van der Waals surface area contributed by atoms with Gasteiger partial charge in [-0.1, -0.05) is 26.8 Å². The van der Waals surface area contributed by atoms with E-state index in [1.165, 1.54) is 5.56 Å². The highest BCUT2D eigenvalue weighted by Crippen LogP contribution is 2.40. The summed E-state index contributed by atoms with van der Waals surface area (Å²) >= 11 is 0. The lowest BCUT2D eigenvalue weighted by Crippen LogP contribution is -2.29. The van der Waals surface area contributed by atoms with E-state index in [1.54, 1.807) is 0 Å². The molecule has 0 radical (unpaired) electrons. The Morgan fingerprint density at radius 2 is 1.05 bits per heavy atom. The lowest BCUT2D eigenvalue weighted by Gasteiger charge is -2.34. The number of ether oxygens (including phenoxy) is 7. The molecule has 1 unspecified atom stereocenters. The van der Waals surface area contributed by atoms with Crippen molar-refractivity contribution in [3.8, 4) is 5.88 Å². The van der Waals surface area contributed by atoms with Gasteiger partial charge in [0.1, 0.15) is 6.61 Å². The molecule has 0 amide bonds. The van der Waals surface area contributed by atoms with E-state index in [-0.39, 0.29) is 22.2 Å². The topological polar surface area (TPSA) is 77.5 Å². The average molecular weight is 584 g/mol. The fourth-order valence-electron chi connectivity index (χ4n) is 4.17. The van der Waals surface area contributed by atoms with Crippen molar-refractivity contribution in [1.82, 2.24) is 4.98 Å². The van der Waals surface area contributed by atoms with Crippen molar-refractivity contribution in [1.29, 1.82) is 0 Å². The third-order valence-electron chi connectivity index (χ3n) is 6.34. The third kappa shape index (κ3) is 20.3. The Morgan fingerprint density at radius 1 is 0.585 bits per heavy atom. The van der Waals surface area contributed by atoms with Gasteiger partial charge in [0.15, 0.2) is 0 Å². The van der Waals surface area contributed by atoms with Crippen LogP contribution in [-0.2, 0) is 28.4 Å². The molecule has 0 saturated heterocycles. The molecule has 1 heterocycles. The Kier molecular flexibility index (Phi) is 16.9. The normalized spacial score (nSPS) is 13.9. The highest BCUT2D eigenvalue weighted by molar-refractivity contribution is 5.23. The van der Waals surface area contributed by atoms with Crippen LogP contribution in [0.25, 0.3) is 0 Å². The molecule has 0 aliphatic heterocycles. The zero-order valence-corrected chi connectivity index (χ0v) is 28.1. The predicted octanol–water partition coefficient (Wildman–Crippen LogP) is 6.85. The van der Waals surface area contributed by atoms with E-state index in [2.05, 4.69) is 45.7 Å². The molecular weight excluding hydrogens is 522 g/mol. The smallest absolute Gasteiger partial charge is 0.213 e. The zero-order valence-electron chi connectivity index (χ0n) is 28.1. The lowest BCUT2D eigenvalue weighted by atomic mass is 9.73. The van der Waals surface area contributed by atoms with Crippen LogP contribution in [0.15, 0.2) is 18.3 Å². The molecule has 1 atom stereocenters. The van der Waals surface area contributed by atoms with E-state index >= 15 is 0 Å². The standard InChI is InChI=1S/C33H61NO7/c1-30(2,3)28(27-12-13-29(34-26-27)38-22-25-40-32(7,8)9)14-15-33(10,11)41-24-21-37-19-17-35-16-18-36-20-23-39-31(4,5)6/h12-13,26,28H,14-25H2,1-11H3. The van der Waals surface area contributed by atoms with Gasteiger partial charge in [-0.05, 0) is 85.1 Å². The minimum atomic E-state index is -0.249. The molecule has 0 aliphatic rings. The fourth-order valence-corrected chi connectivity index (χ4v) is 4.17. The summed E-state index contributed by atoms with van der Waals surface area (Å²) in [6, 6.07) is 4.10. The second kappa shape index (κ2) is 18.4. The van der Waals surface area contributed by atoms with Crippen LogP contribution in [0.1, 0.15) is 100 Å². The first-order chi connectivity index (χ1) is 19.0. The molecule has 1 rings (SSSR count). The summed E-state index contributed by atoms with van der Waals surface area (Å²) in [5.74, 6) is 0.975. The molecular formula is C33H61NO7. The van der Waals surface area contributed by atoms with E-state index in [4.69, 9.17) is 33.2 Å². The maximum absolute atomic E-state index is 6.19. The van der Waals surface area contributed by atoms with Crippen molar-refractivity contribution >= 4 is 0 Å². The first kappa shape index (κ1) is 37.7. The maximum atomic E-state index is 6.19. The van der Waals surface area contributed by atoms with Gasteiger partial charge in [0.2, 0.25) is 5.88 Å². The summed E-state index contributed by atoms with van der Waals surface area (Å²) in [5, 5.41) is 0. The van der Waals surface area contributed by atoms with Crippen molar-refractivity contribution in [2.75, 3.05) is 66.1 Å². The van der Waals surface area contributed by atoms with Gasteiger partial charge in [-0.3, -0.25) is 0 Å². The summed E-state index contributed by atoms with van der Waals surface area (Å²) in [7, 11) is 0. The number of rotatable bonds is 21. The second-order valence-corrected chi connectivity index (χ2v) is 14.1. The van der Waals surface area contributed by atoms with Crippen molar-refractivity contribution in [2.45, 2.75) is 112 Å². The molecule has 0 fully saturated rings. The summed E-state index contributed by atoms with van der Waals surface area (Å²) in [4.78, 5) is 4.56. The monoisotopic (exact) mass is 583 g/mol. The van der Waals surface area contributed by atoms with Crippen LogP contribution in [0.3, 0.4) is 0 Å². The molecule has 0 saturated carbocycles. The van der Waals surface area contributed by atoms with Gasteiger partial charge >= 0.3 is 0 Å². The Bertz CT molecular complexity index is 792. The van der Waals surface area contributed by atoms with Crippen LogP contribution in [-0.4, -0.2) is 87.9 Å². The highest BCUT2D eigenvalue weighted by atomic mass is 16.6. The molecule has 240 valence electrons. The van der Waals surface area contributed by atoms with E-state index in [0.717, 1.165) is 12.8 Å². The van der Waals surface area contributed by atoms with Gasteiger partial charge in [-0.15, -0.1) is 0 Å². The van der Waals surface area contributed by atoms with Gasteiger partial charge in [0.25, 0.3) is 0 Å². The van der Waals surface area contributed by atoms with Gasteiger partial charge in [-0.25, -0.2) is 4.98 Å². The molecule has 0 N–H and O–H groups in total. The minimum Gasteiger partial charge on any atom is -0.475 e. The molecule has 0 aromatic carbocycles. The van der Waals surface area contributed by atoms with Crippen molar-refractivity contribution in [3.05, 3.63) is 23.9 Å². The summed E-state index contributed by atoms with van der Waals surface area (Å²) in [5.41, 5.74) is 0.765. The van der Waals surface area contributed by atoms with Crippen LogP contribution in [0.4, 0.5) is 0 Å². The highest BCUT2D eigenvalue weighted by Gasteiger charge is 2.29. The van der Waals surface area contributed by atoms with Crippen LogP contribution in [0, 0.1) is 5.41 Å². The van der Waals surface area contributed by atoms with Gasteiger partial charge in [0.05, 0.1) is 76.3 Å². The molecule has 8 heteroatoms. The Balaban J connectivity index is 2.28. The number of aromatic nitrogens is 1. The Hall–Kier alpha value is -1.29. The second-order valence-electron chi connectivity index (χ2n) is 14.1. The fraction of sp³-hybridized carbons (Fsp3) is 0.848. The summed E-state index contributed by atoms with van der Waals surface area (Å²) < 4.78 is 40.0. The minimum absolute atomic E-state index is 0.0923. The van der Waals surface area contributed by atoms with E-state index < -0.39 is 0 Å². The Labute approximate surface area is 251 Å². The molecule has 0 bridgehead atoms. The van der Waals surface area contributed by atoms with Crippen LogP contribution in [0.5, 0.6) is 5.88 Å². The summed E-state index contributed by atoms with van der Waals surface area (Å²) in [6.45, 7) is 28.8. The third-order valence-corrected chi connectivity index (χ3v) is 6.34. The van der Waals surface area contributed by atoms with E-state index in [1.807, 2.05) is 53.8 Å². The van der Waals surface area contributed by atoms with Crippen LogP contribution >= 0.6 is 0 Å². The lowest BCUT2D eigenvalue weighted by molar-refractivity contribution is -0.0622. The predicted molar refractivity (Wildman–Crippen MR) is 165 cm³/mol. The van der Waals surface area contributed by atoms with Gasteiger partial charge in [-0.2, -0.15) is 0 Å². The largest absolute Gasteiger partial charge is 0.475 e. The molecule has 1 aromatic heterocycles. The quantitative estimate of drug-likeness (QED) is 0.146. The number of nitrogens with zero attached hydrogens (tertiary/aromatic N) is 1. The SMILES string of the molecule is CC(C)(C)OCCOCCOCCOCCOC(C)(C)CCC(c1ccc(OCCOC(C)(C)C)nc1)C(C)(C)C. The zero-order chi connectivity index (χ0) is 31.0. The molecule has 8 nitrogen and oxygen atoms in total. The number of pyridine rings is 1. The first-order valence-corrected chi connectivity index (χ1v) is 15.2. The molecule has 0 spiro atoms. The van der Waals surface area contributed by atoms with E-state index in [9.17, 15) is 0 Å². The number of hydrogen-bond acceptors (Lipinski definition) is 8. The van der Waals surface area contributed by atoms with Crippen molar-refractivity contribution in [2.24, 2.45) is 5.41 Å².